The molecule has 2 amide bonds. The monoisotopic (exact) mass is 294 g/mol. The fourth-order valence-electron chi connectivity index (χ4n) is 3.70. The van der Waals surface area contributed by atoms with E-state index in [9.17, 15) is 9.59 Å². The zero-order valence-corrected chi connectivity index (χ0v) is 14.0. The van der Waals surface area contributed by atoms with Crippen LogP contribution < -0.4 is 5.32 Å². The van der Waals surface area contributed by atoms with Gasteiger partial charge >= 0.3 is 0 Å². The molecule has 120 valence electrons. The van der Waals surface area contributed by atoms with E-state index in [0.717, 1.165) is 45.1 Å². The lowest BCUT2D eigenvalue weighted by molar-refractivity contribution is -0.162. The molecule has 1 atom stereocenters. The molecule has 0 radical (unpaired) electrons. The summed E-state index contributed by atoms with van der Waals surface area (Å²) in [5, 5.41) is 3.02. The number of nitrogens with one attached hydrogen (secondary N) is 1. The first-order valence-electron chi connectivity index (χ1n) is 8.50. The quantitative estimate of drug-likeness (QED) is 0.847. The van der Waals surface area contributed by atoms with Crippen LogP contribution in [0.25, 0.3) is 0 Å². The zero-order valence-electron chi connectivity index (χ0n) is 14.0. The fourth-order valence-corrected chi connectivity index (χ4v) is 3.70. The van der Waals surface area contributed by atoms with Gasteiger partial charge in [0.15, 0.2) is 0 Å². The van der Waals surface area contributed by atoms with Gasteiger partial charge in [-0.25, -0.2) is 0 Å². The Labute approximate surface area is 128 Å². The van der Waals surface area contributed by atoms with Crippen molar-refractivity contribution in [3.05, 3.63) is 0 Å². The van der Waals surface area contributed by atoms with Gasteiger partial charge in [-0.05, 0) is 44.9 Å². The third-order valence-corrected chi connectivity index (χ3v) is 5.35. The lowest BCUT2D eigenvalue weighted by Gasteiger charge is -2.50. The molecule has 1 unspecified atom stereocenters. The van der Waals surface area contributed by atoms with E-state index < -0.39 is 11.1 Å². The molecule has 1 saturated heterocycles. The number of carbonyl (C=O) groups excluding carboxylic acids is 2. The average Bonchev–Trinajstić information content (AvgIpc) is 2.91. The number of rotatable bonds is 5. The summed E-state index contributed by atoms with van der Waals surface area (Å²) < 4.78 is 0. The predicted octanol–water partition coefficient (Wildman–Crippen LogP) is 2.86. The van der Waals surface area contributed by atoms with Gasteiger partial charge in [0, 0.05) is 6.54 Å². The smallest absolute Gasteiger partial charge is 0.248 e. The van der Waals surface area contributed by atoms with E-state index in [1.165, 1.54) is 0 Å². The first kappa shape index (κ1) is 16.3. The molecule has 1 heterocycles. The third kappa shape index (κ3) is 2.82. The Morgan fingerprint density at radius 2 is 1.86 bits per heavy atom. The summed E-state index contributed by atoms with van der Waals surface area (Å²) in [4.78, 5) is 27.6. The second-order valence-electron chi connectivity index (χ2n) is 7.37. The van der Waals surface area contributed by atoms with E-state index in [-0.39, 0.29) is 11.8 Å². The number of carbonyl (C=O) groups is 2. The molecule has 4 nitrogen and oxygen atoms in total. The summed E-state index contributed by atoms with van der Waals surface area (Å²) in [6.45, 7) is 8.96. The maximum Gasteiger partial charge on any atom is 0.248 e. The topological polar surface area (TPSA) is 49.4 Å². The van der Waals surface area contributed by atoms with E-state index in [1.807, 2.05) is 18.7 Å². The Morgan fingerprint density at radius 1 is 1.24 bits per heavy atom. The molecular formula is C17H30N2O2. The van der Waals surface area contributed by atoms with Crippen molar-refractivity contribution in [2.45, 2.75) is 83.7 Å². The van der Waals surface area contributed by atoms with Crippen molar-refractivity contribution in [1.82, 2.24) is 10.2 Å². The molecule has 1 N–H and O–H groups in total. The Morgan fingerprint density at radius 3 is 2.38 bits per heavy atom. The number of hydrogen-bond donors (Lipinski definition) is 1. The lowest BCUT2D eigenvalue weighted by atomic mass is 9.83. The average molecular weight is 294 g/mol. The van der Waals surface area contributed by atoms with Crippen LogP contribution in [-0.2, 0) is 9.59 Å². The molecule has 1 spiro atoms. The van der Waals surface area contributed by atoms with Crippen LogP contribution in [0.2, 0.25) is 0 Å². The van der Waals surface area contributed by atoms with E-state index in [4.69, 9.17) is 0 Å². The highest BCUT2D eigenvalue weighted by Crippen LogP contribution is 2.40. The van der Waals surface area contributed by atoms with E-state index in [0.29, 0.717) is 12.3 Å². The van der Waals surface area contributed by atoms with Gasteiger partial charge in [-0.2, -0.15) is 0 Å². The highest BCUT2D eigenvalue weighted by atomic mass is 16.2. The molecular weight excluding hydrogens is 264 g/mol. The van der Waals surface area contributed by atoms with Crippen LogP contribution in [0.3, 0.4) is 0 Å². The molecule has 21 heavy (non-hydrogen) atoms. The highest BCUT2D eigenvalue weighted by molar-refractivity contribution is 6.02. The molecule has 0 aromatic carbocycles. The Kier molecular flexibility index (Phi) is 4.64. The van der Waals surface area contributed by atoms with Gasteiger partial charge < -0.3 is 10.2 Å². The standard InChI is InChI=1S/C17H30N2O2/c1-5-16(4)15(21)19(12-8-9-13(2)3)17(14(20)18-16)10-6-7-11-17/h13H,5-12H2,1-4H3,(H,18,20). The van der Waals surface area contributed by atoms with Gasteiger partial charge in [0.05, 0.1) is 0 Å². The van der Waals surface area contributed by atoms with Crippen LogP contribution in [0.5, 0.6) is 0 Å². The zero-order chi connectivity index (χ0) is 15.7. The number of piperazine rings is 1. The van der Waals surface area contributed by atoms with Crippen molar-refractivity contribution < 1.29 is 9.59 Å². The van der Waals surface area contributed by atoms with Gasteiger partial charge in [0.2, 0.25) is 11.8 Å². The Hall–Kier alpha value is -1.06. The van der Waals surface area contributed by atoms with Gasteiger partial charge in [0.25, 0.3) is 0 Å². The van der Waals surface area contributed by atoms with Crippen LogP contribution in [0, 0.1) is 5.92 Å². The van der Waals surface area contributed by atoms with Crippen LogP contribution in [0.1, 0.15) is 72.6 Å². The third-order valence-electron chi connectivity index (χ3n) is 5.35. The summed E-state index contributed by atoms with van der Waals surface area (Å²) in [5.74, 6) is 0.833. The molecule has 1 aliphatic carbocycles. The second-order valence-corrected chi connectivity index (χ2v) is 7.37. The molecule has 2 fully saturated rings. The van der Waals surface area contributed by atoms with E-state index in [1.54, 1.807) is 0 Å². The van der Waals surface area contributed by atoms with Crippen molar-refractivity contribution in [2.75, 3.05) is 6.54 Å². The number of amides is 2. The van der Waals surface area contributed by atoms with E-state index in [2.05, 4.69) is 19.2 Å². The van der Waals surface area contributed by atoms with Crippen LogP contribution >= 0.6 is 0 Å². The largest absolute Gasteiger partial charge is 0.340 e. The molecule has 2 rings (SSSR count). The molecule has 2 aliphatic rings. The summed E-state index contributed by atoms with van der Waals surface area (Å²) in [6.07, 6.45) is 6.48. The molecule has 1 aliphatic heterocycles. The summed E-state index contributed by atoms with van der Waals surface area (Å²) >= 11 is 0. The first-order chi connectivity index (χ1) is 9.85. The fraction of sp³-hybridized carbons (Fsp3) is 0.882. The Balaban J connectivity index is 2.23. The van der Waals surface area contributed by atoms with Crippen LogP contribution in [0.4, 0.5) is 0 Å². The van der Waals surface area contributed by atoms with Gasteiger partial charge in [0.1, 0.15) is 11.1 Å². The van der Waals surface area contributed by atoms with E-state index >= 15 is 0 Å². The van der Waals surface area contributed by atoms with Crippen molar-refractivity contribution >= 4 is 11.8 Å². The van der Waals surface area contributed by atoms with Crippen molar-refractivity contribution in [3.63, 3.8) is 0 Å². The van der Waals surface area contributed by atoms with Crippen LogP contribution in [0.15, 0.2) is 0 Å². The maximum atomic E-state index is 13.0. The van der Waals surface area contributed by atoms with Gasteiger partial charge in [-0.3, -0.25) is 9.59 Å². The van der Waals surface area contributed by atoms with Crippen molar-refractivity contribution in [1.29, 1.82) is 0 Å². The summed E-state index contributed by atoms with van der Waals surface area (Å²) in [6, 6.07) is 0. The van der Waals surface area contributed by atoms with Gasteiger partial charge in [-0.15, -0.1) is 0 Å². The minimum Gasteiger partial charge on any atom is -0.340 e. The summed E-state index contributed by atoms with van der Waals surface area (Å²) in [5.41, 5.74) is -1.27. The van der Waals surface area contributed by atoms with Crippen molar-refractivity contribution in [3.8, 4) is 0 Å². The Bertz CT molecular complexity index is 413. The molecule has 0 aromatic rings. The lowest BCUT2D eigenvalue weighted by Crippen LogP contribution is -2.74. The minimum absolute atomic E-state index is 0.0773. The van der Waals surface area contributed by atoms with Crippen LogP contribution in [-0.4, -0.2) is 34.3 Å². The maximum absolute atomic E-state index is 13.0. The first-order valence-corrected chi connectivity index (χ1v) is 8.50. The predicted molar refractivity (Wildman–Crippen MR) is 83.8 cm³/mol. The number of nitrogens with zero attached hydrogens (tertiary/aromatic N) is 1. The minimum atomic E-state index is -0.719. The molecule has 4 heteroatoms. The second kappa shape index (κ2) is 5.98. The number of hydrogen-bond acceptors (Lipinski definition) is 2. The molecule has 0 bridgehead atoms. The normalized spacial score (nSPS) is 28.5. The molecule has 0 aromatic heterocycles. The molecule has 1 saturated carbocycles. The van der Waals surface area contributed by atoms with Crippen molar-refractivity contribution in [2.24, 2.45) is 5.92 Å². The highest BCUT2D eigenvalue weighted by Gasteiger charge is 2.56. The SMILES string of the molecule is CCC1(C)NC(=O)C2(CCCC2)N(CCCC(C)C)C1=O. The van der Waals surface area contributed by atoms with Gasteiger partial charge in [-0.1, -0.05) is 33.6 Å². The summed E-state index contributed by atoms with van der Waals surface area (Å²) in [7, 11) is 0.